The molecule has 1 aromatic heterocycles. The van der Waals surface area contributed by atoms with Crippen LogP contribution in [-0.2, 0) is 6.42 Å². The van der Waals surface area contributed by atoms with Crippen LogP contribution in [0, 0.1) is 17.1 Å². The summed E-state index contributed by atoms with van der Waals surface area (Å²) in [5, 5.41) is 10.7. The number of benzene rings is 2. The Kier molecular flexibility index (Phi) is 4.40. The normalized spacial score (nSPS) is 10.5. The Balaban J connectivity index is 1.76. The van der Waals surface area contributed by atoms with Crippen molar-refractivity contribution in [3.63, 3.8) is 0 Å². The van der Waals surface area contributed by atoms with Gasteiger partial charge in [0.15, 0.2) is 0 Å². The molecule has 2 aromatic carbocycles. The molecule has 5 heteroatoms. The van der Waals surface area contributed by atoms with Gasteiger partial charge in [0, 0.05) is 23.0 Å². The van der Waals surface area contributed by atoms with Gasteiger partial charge in [-0.25, -0.2) is 4.39 Å². The van der Waals surface area contributed by atoms with Crippen molar-refractivity contribution in [2.45, 2.75) is 6.42 Å². The Morgan fingerprint density at radius 3 is 2.87 bits per heavy atom. The summed E-state index contributed by atoms with van der Waals surface area (Å²) in [4.78, 5) is 4.30. The number of nitrogens with zero attached hydrogens (tertiary/aromatic N) is 2. The third kappa shape index (κ3) is 3.41. The molecule has 0 unspecified atom stereocenters. The molecule has 3 nitrogen and oxygen atoms in total. The van der Waals surface area contributed by atoms with Gasteiger partial charge in [0.05, 0.1) is 17.7 Å². The molecule has 0 saturated carbocycles. The van der Waals surface area contributed by atoms with E-state index in [1.165, 1.54) is 18.2 Å². The molecule has 0 amide bonds. The van der Waals surface area contributed by atoms with Gasteiger partial charge in [0.25, 0.3) is 0 Å². The number of pyridine rings is 1. The third-order valence-electron chi connectivity index (χ3n) is 3.49. The second-order valence-corrected chi connectivity index (χ2v) is 5.42. The van der Waals surface area contributed by atoms with Crippen LogP contribution < -0.4 is 4.74 Å². The second-order valence-electron chi connectivity index (χ2n) is 4.98. The number of hydrogen-bond acceptors (Lipinski definition) is 3. The molecule has 0 atom stereocenters. The lowest BCUT2D eigenvalue weighted by Crippen LogP contribution is -2.03. The molecule has 0 aliphatic carbocycles. The molecule has 0 saturated heterocycles. The Morgan fingerprint density at radius 1 is 1.17 bits per heavy atom. The summed E-state index contributed by atoms with van der Waals surface area (Å²) in [5.41, 5.74) is 2.10. The minimum absolute atomic E-state index is 0.191. The van der Waals surface area contributed by atoms with E-state index in [-0.39, 0.29) is 5.56 Å². The molecule has 3 rings (SSSR count). The van der Waals surface area contributed by atoms with Crippen LogP contribution in [0.2, 0.25) is 5.02 Å². The van der Waals surface area contributed by atoms with Crippen molar-refractivity contribution in [1.29, 1.82) is 5.26 Å². The first-order valence-electron chi connectivity index (χ1n) is 7.03. The summed E-state index contributed by atoms with van der Waals surface area (Å²) in [6.45, 7) is 0.377. The van der Waals surface area contributed by atoms with Crippen molar-refractivity contribution >= 4 is 22.5 Å². The van der Waals surface area contributed by atoms with E-state index in [0.29, 0.717) is 23.8 Å². The number of rotatable bonds is 4. The van der Waals surface area contributed by atoms with Crippen LogP contribution in [-0.4, -0.2) is 11.6 Å². The molecule has 0 fully saturated rings. The van der Waals surface area contributed by atoms with E-state index in [0.717, 1.165) is 16.5 Å². The van der Waals surface area contributed by atoms with E-state index in [1.54, 1.807) is 6.20 Å². The van der Waals surface area contributed by atoms with E-state index in [4.69, 9.17) is 21.6 Å². The number of halogens is 2. The summed E-state index contributed by atoms with van der Waals surface area (Å²) in [6.07, 6.45) is 2.37. The first-order valence-corrected chi connectivity index (χ1v) is 7.41. The average molecular weight is 327 g/mol. The van der Waals surface area contributed by atoms with E-state index in [2.05, 4.69) is 4.98 Å². The van der Waals surface area contributed by atoms with Crippen LogP contribution in [0.3, 0.4) is 0 Å². The molecule has 114 valence electrons. The van der Waals surface area contributed by atoms with Gasteiger partial charge < -0.3 is 4.74 Å². The van der Waals surface area contributed by atoms with Crippen molar-refractivity contribution in [3.8, 4) is 11.8 Å². The van der Waals surface area contributed by atoms with E-state index < -0.39 is 5.82 Å². The highest BCUT2D eigenvalue weighted by Gasteiger charge is 2.07. The molecule has 3 aromatic rings. The van der Waals surface area contributed by atoms with Gasteiger partial charge >= 0.3 is 0 Å². The highest BCUT2D eigenvalue weighted by atomic mass is 35.5. The fourth-order valence-corrected chi connectivity index (χ4v) is 2.55. The third-order valence-corrected chi connectivity index (χ3v) is 3.72. The van der Waals surface area contributed by atoms with Gasteiger partial charge in [-0.1, -0.05) is 17.7 Å². The van der Waals surface area contributed by atoms with Gasteiger partial charge in [0.2, 0.25) is 0 Å². The quantitative estimate of drug-likeness (QED) is 0.708. The number of hydrogen-bond donors (Lipinski definition) is 0. The Hall–Kier alpha value is -2.64. The molecule has 0 aliphatic heterocycles. The Labute approximate surface area is 137 Å². The van der Waals surface area contributed by atoms with E-state index in [9.17, 15) is 4.39 Å². The van der Waals surface area contributed by atoms with Gasteiger partial charge in [-0.3, -0.25) is 4.98 Å². The Bertz CT molecular complexity index is 905. The zero-order valence-corrected chi connectivity index (χ0v) is 12.8. The maximum atomic E-state index is 13.1. The number of fused-ring (bicyclic) bond motifs is 1. The topological polar surface area (TPSA) is 45.9 Å². The monoisotopic (exact) mass is 326 g/mol. The first-order chi connectivity index (χ1) is 11.2. The van der Waals surface area contributed by atoms with E-state index >= 15 is 0 Å². The average Bonchev–Trinajstić information content (AvgIpc) is 2.55. The van der Waals surface area contributed by atoms with Gasteiger partial charge in [-0.15, -0.1) is 0 Å². The largest absolute Gasteiger partial charge is 0.492 e. The predicted octanol–water partition coefficient (Wildman–Crippen LogP) is 4.52. The van der Waals surface area contributed by atoms with Crippen LogP contribution in [0.15, 0.2) is 48.7 Å². The second kappa shape index (κ2) is 6.64. The Morgan fingerprint density at radius 2 is 2.04 bits per heavy atom. The fraction of sp³-hybridized carbons (Fsp3) is 0.111. The smallest absolute Gasteiger partial charge is 0.137 e. The maximum Gasteiger partial charge on any atom is 0.137 e. The van der Waals surface area contributed by atoms with Crippen molar-refractivity contribution < 1.29 is 9.13 Å². The van der Waals surface area contributed by atoms with Crippen molar-refractivity contribution in [1.82, 2.24) is 4.98 Å². The zero-order valence-electron chi connectivity index (χ0n) is 12.1. The molecular weight excluding hydrogens is 315 g/mol. The molecule has 1 heterocycles. The summed E-state index contributed by atoms with van der Waals surface area (Å²) < 4.78 is 18.7. The lowest BCUT2D eigenvalue weighted by Gasteiger charge is -2.09. The predicted molar refractivity (Wildman–Crippen MR) is 87.1 cm³/mol. The minimum atomic E-state index is -0.453. The van der Waals surface area contributed by atoms with Gasteiger partial charge in [-0.2, -0.15) is 5.26 Å². The van der Waals surface area contributed by atoms with Crippen LogP contribution >= 0.6 is 11.6 Å². The van der Waals surface area contributed by atoms with Crippen LogP contribution in [0.5, 0.6) is 5.75 Å². The highest BCUT2D eigenvalue weighted by molar-refractivity contribution is 6.31. The molecule has 0 bridgehead atoms. The van der Waals surface area contributed by atoms with Crippen molar-refractivity contribution in [2.75, 3.05) is 6.61 Å². The summed E-state index contributed by atoms with van der Waals surface area (Å²) in [6, 6.07) is 13.3. The molecule has 0 aliphatic rings. The first kappa shape index (κ1) is 15.3. The summed E-state index contributed by atoms with van der Waals surface area (Å²) >= 11 is 5.98. The summed E-state index contributed by atoms with van der Waals surface area (Å²) in [7, 11) is 0. The molecule has 0 N–H and O–H groups in total. The van der Waals surface area contributed by atoms with Gasteiger partial charge in [0.1, 0.15) is 17.6 Å². The highest BCUT2D eigenvalue weighted by Crippen LogP contribution is 2.22. The SMILES string of the molecule is N#Cc1cc(F)ccc1OCCc1ccnc2cc(Cl)ccc12. The molecular formula is C18H12ClFN2O. The maximum absolute atomic E-state index is 13.1. The van der Waals surface area contributed by atoms with Crippen LogP contribution in [0.25, 0.3) is 10.9 Å². The van der Waals surface area contributed by atoms with Crippen molar-refractivity contribution in [3.05, 3.63) is 70.6 Å². The van der Waals surface area contributed by atoms with E-state index in [1.807, 2.05) is 30.3 Å². The van der Waals surface area contributed by atoms with Gasteiger partial charge in [-0.05, 0) is 42.0 Å². The van der Waals surface area contributed by atoms with Crippen molar-refractivity contribution in [2.24, 2.45) is 0 Å². The number of aromatic nitrogens is 1. The molecule has 23 heavy (non-hydrogen) atoms. The van der Waals surface area contributed by atoms with Crippen LogP contribution in [0.4, 0.5) is 4.39 Å². The fourth-order valence-electron chi connectivity index (χ4n) is 2.38. The minimum Gasteiger partial charge on any atom is -0.492 e. The lowest BCUT2D eigenvalue weighted by molar-refractivity contribution is 0.321. The summed E-state index contributed by atoms with van der Waals surface area (Å²) in [5.74, 6) is -0.0683. The lowest BCUT2D eigenvalue weighted by atomic mass is 10.1. The van der Waals surface area contributed by atoms with Crippen LogP contribution in [0.1, 0.15) is 11.1 Å². The number of nitriles is 1. The zero-order chi connectivity index (χ0) is 16.2. The molecule has 0 radical (unpaired) electrons. The molecule has 0 spiro atoms. The number of ether oxygens (including phenoxy) is 1. The standard InChI is InChI=1S/C18H12ClFN2O/c19-14-1-3-16-12(5-7-22-17(16)10-14)6-8-23-18-4-2-15(20)9-13(18)11-21/h1-5,7,9-10H,6,8H2.